The van der Waals surface area contributed by atoms with E-state index in [0.717, 1.165) is 37.0 Å². The van der Waals surface area contributed by atoms with Crippen LogP contribution in [0.2, 0.25) is 0 Å². The standard InChI is InChI=1S/C14H17N3O2/c1-9(18)10-2-3-13-12(8-10)16-14(19)17(13)11-4-6-15-7-5-11/h2-3,8,11,15H,4-7H2,1H3,(H,16,19). The number of nitrogens with one attached hydrogen (secondary N) is 2. The van der Waals surface area contributed by atoms with Crippen LogP contribution in [0.5, 0.6) is 0 Å². The minimum atomic E-state index is -0.0809. The molecule has 1 aliphatic rings. The molecule has 0 atom stereocenters. The third kappa shape index (κ3) is 2.10. The van der Waals surface area contributed by atoms with E-state index in [1.165, 1.54) is 6.92 Å². The number of imidazole rings is 1. The highest BCUT2D eigenvalue weighted by Crippen LogP contribution is 2.22. The van der Waals surface area contributed by atoms with Gasteiger partial charge in [-0.05, 0) is 51.1 Å². The molecule has 0 spiro atoms. The first-order chi connectivity index (χ1) is 9.16. The molecule has 1 fully saturated rings. The fourth-order valence-corrected chi connectivity index (χ4v) is 2.78. The Labute approximate surface area is 110 Å². The lowest BCUT2D eigenvalue weighted by atomic mass is 10.1. The van der Waals surface area contributed by atoms with Crippen LogP contribution < -0.4 is 11.0 Å². The van der Waals surface area contributed by atoms with Gasteiger partial charge in [0.15, 0.2) is 5.78 Å². The quantitative estimate of drug-likeness (QED) is 0.802. The Kier molecular flexibility index (Phi) is 2.98. The van der Waals surface area contributed by atoms with Gasteiger partial charge in [-0.15, -0.1) is 0 Å². The molecule has 5 heteroatoms. The summed E-state index contributed by atoms with van der Waals surface area (Å²) in [5.74, 6) is 0.0114. The topological polar surface area (TPSA) is 66.9 Å². The molecule has 0 amide bonds. The molecule has 3 rings (SSSR count). The van der Waals surface area contributed by atoms with E-state index >= 15 is 0 Å². The number of carbonyl (C=O) groups excluding carboxylic acids is 1. The van der Waals surface area contributed by atoms with Gasteiger partial charge < -0.3 is 10.3 Å². The van der Waals surface area contributed by atoms with Crippen LogP contribution in [0, 0.1) is 0 Å². The average Bonchev–Trinajstić information content (AvgIpc) is 2.74. The lowest BCUT2D eigenvalue weighted by Gasteiger charge is -2.23. The van der Waals surface area contributed by atoms with Gasteiger partial charge in [-0.3, -0.25) is 9.36 Å². The summed E-state index contributed by atoms with van der Waals surface area (Å²) in [6.07, 6.45) is 1.92. The fourth-order valence-electron chi connectivity index (χ4n) is 2.78. The molecule has 19 heavy (non-hydrogen) atoms. The second-order valence-corrected chi connectivity index (χ2v) is 5.07. The number of hydrogen-bond donors (Lipinski definition) is 2. The molecule has 100 valence electrons. The van der Waals surface area contributed by atoms with Crippen molar-refractivity contribution in [2.75, 3.05) is 13.1 Å². The van der Waals surface area contributed by atoms with Gasteiger partial charge in [-0.25, -0.2) is 4.79 Å². The van der Waals surface area contributed by atoms with Gasteiger partial charge in [0.25, 0.3) is 0 Å². The van der Waals surface area contributed by atoms with E-state index in [4.69, 9.17) is 0 Å². The van der Waals surface area contributed by atoms with Crippen molar-refractivity contribution in [3.05, 3.63) is 34.2 Å². The van der Waals surface area contributed by atoms with Gasteiger partial charge in [0.1, 0.15) is 0 Å². The number of benzene rings is 1. The summed E-state index contributed by atoms with van der Waals surface area (Å²) in [4.78, 5) is 26.4. The predicted molar refractivity (Wildman–Crippen MR) is 73.7 cm³/mol. The van der Waals surface area contributed by atoms with Crippen molar-refractivity contribution in [1.82, 2.24) is 14.9 Å². The summed E-state index contributed by atoms with van der Waals surface area (Å²) < 4.78 is 1.83. The molecule has 1 saturated heterocycles. The number of hydrogen-bond acceptors (Lipinski definition) is 3. The van der Waals surface area contributed by atoms with Crippen LogP contribution in [0.25, 0.3) is 11.0 Å². The Morgan fingerprint density at radius 3 is 2.74 bits per heavy atom. The molecule has 2 aromatic rings. The number of rotatable bonds is 2. The summed E-state index contributed by atoms with van der Waals surface area (Å²) >= 11 is 0. The van der Waals surface area contributed by atoms with Gasteiger partial charge in [0.2, 0.25) is 0 Å². The molecule has 0 unspecified atom stereocenters. The van der Waals surface area contributed by atoms with Crippen LogP contribution in [0.1, 0.15) is 36.2 Å². The van der Waals surface area contributed by atoms with Crippen LogP contribution in [0.3, 0.4) is 0 Å². The predicted octanol–water partition coefficient (Wildman–Crippen LogP) is 1.46. The largest absolute Gasteiger partial charge is 0.326 e. The monoisotopic (exact) mass is 259 g/mol. The first kappa shape index (κ1) is 12.2. The number of nitrogens with zero attached hydrogens (tertiary/aromatic N) is 1. The van der Waals surface area contributed by atoms with Crippen molar-refractivity contribution in [3.8, 4) is 0 Å². The van der Waals surface area contributed by atoms with Crippen molar-refractivity contribution in [3.63, 3.8) is 0 Å². The summed E-state index contributed by atoms with van der Waals surface area (Å²) in [5, 5.41) is 3.30. The minimum Gasteiger partial charge on any atom is -0.317 e. The third-order valence-corrected chi connectivity index (χ3v) is 3.80. The van der Waals surface area contributed by atoms with Crippen molar-refractivity contribution in [2.45, 2.75) is 25.8 Å². The zero-order valence-electron chi connectivity index (χ0n) is 10.9. The van der Waals surface area contributed by atoms with Gasteiger partial charge in [0.05, 0.1) is 11.0 Å². The Morgan fingerprint density at radius 2 is 2.05 bits per heavy atom. The number of H-pyrrole nitrogens is 1. The third-order valence-electron chi connectivity index (χ3n) is 3.80. The molecular formula is C14H17N3O2. The second kappa shape index (κ2) is 4.66. The molecule has 0 aliphatic carbocycles. The zero-order valence-corrected chi connectivity index (χ0v) is 10.9. The molecule has 0 radical (unpaired) electrons. The molecule has 1 aromatic heterocycles. The Balaban J connectivity index is 2.11. The number of aromatic nitrogens is 2. The number of aromatic amines is 1. The molecule has 0 saturated carbocycles. The first-order valence-corrected chi connectivity index (χ1v) is 6.63. The molecule has 1 aromatic carbocycles. The second-order valence-electron chi connectivity index (χ2n) is 5.07. The van der Waals surface area contributed by atoms with Crippen molar-refractivity contribution in [1.29, 1.82) is 0 Å². The molecule has 0 bridgehead atoms. The van der Waals surface area contributed by atoms with Crippen LogP contribution in [-0.2, 0) is 0 Å². The van der Waals surface area contributed by atoms with Crippen LogP contribution in [-0.4, -0.2) is 28.4 Å². The Morgan fingerprint density at radius 1 is 1.32 bits per heavy atom. The average molecular weight is 259 g/mol. The maximum atomic E-state index is 12.1. The highest BCUT2D eigenvalue weighted by molar-refractivity contribution is 5.97. The number of carbonyl (C=O) groups is 1. The van der Waals surface area contributed by atoms with E-state index in [0.29, 0.717) is 5.56 Å². The number of Topliss-reactive ketones (excluding diaryl/α,β-unsaturated/α-hetero) is 1. The van der Waals surface area contributed by atoms with Gasteiger partial charge in [-0.2, -0.15) is 0 Å². The fraction of sp³-hybridized carbons (Fsp3) is 0.429. The van der Waals surface area contributed by atoms with Gasteiger partial charge >= 0.3 is 5.69 Å². The number of piperidine rings is 1. The lowest BCUT2D eigenvalue weighted by Crippen LogP contribution is -2.33. The SMILES string of the molecule is CC(=O)c1ccc2c(c1)[nH]c(=O)n2C1CCNCC1. The van der Waals surface area contributed by atoms with E-state index < -0.39 is 0 Å². The van der Waals surface area contributed by atoms with E-state index in [1.54, 1.807) is 12.1 Å². The first-order valence-electron chi connectivity index (χ1n) is 6.63. The number of ketones is 1. The summed E-state index contributed by atoms with van der Waals surface area (Å²) in [6, 6.07) is 5.66. The summed E-state index contributed by atoms with van der Waals surface area (Å²) in [7, 11) is 0. The molecule has 2 heterocycles. The highest BCUT2D eigenvalue weighted by Gasteiger charge is 2.19. The normalized spacial score (nSPS) is 16.9. The maximum Gasteiger partial charge on any atom is 0.326 e. The summed E-state index contributed by atoms with van der Waals surface area (Å²) in [5.41, 5.74) is 2.19. The van der Waals surface area contributed by atoms with Gasteiger partial charge in [-0.1, -0.05) is 0 Å². The Hall–Kier alpha value is -1.88. The van der Waals surface area contributed by atoms with Gasteiger partial charge in [0, 0.05) is 11.6 Å². The smallest absolute Gasteiger partial charge is 0.317 e. The van der Waals surface area contributed by atoms with E-state index in [-0.39, 0.29) is 17.5 Å². The van der Waals surface area contributed by atoms with E-state index in [9.17, 15) is 9.59 Å². The van der Waals surface area contributed by atoms with Crippen molar-refractivity contribution >= 4 is 16.8 Å². The van der Waals surface area contributed by atoms with Crippen LogP contribution >= 0.6 is 0 Å². The zero-order chi connectivity index (χ0) is 13.4. The van der Waals surface area contributed by atoms with E-state index in [2.05, 4.69) is 10.3 Å². The molecule has 1 aliphatic heterocycles. The van der Waals surface area contributed by atoms with E-state index in [1.807, 2.05) is 10.6 Å². The molecule has 2 N–H and O–H groups in total. The number of fused-ring (bicyclic) bond motifs is 1. The highest BCUT2D eigenvalue weighted by atomic mass is 16.1. The molecular weight excluding hydrogens is 242 g/mol. The van der Waals surface area contributed by atoms with Crippen molar-refractivity contribution in [2.24, 2.45) is 0 Å². The van der Waals surface area contributed by atoms with Crippen LogP contribution in [0.15, 0.2) is 23.0 Å². The maximum absolute atomic E-state index is 12.1. The van der Waals surface area contributed by atoms with Crippen molar-refractivity contribution < 1.29 is 4.79 Å². The minimum absolute atomic E-state index is 0.0114. The summed E-state index contributed by atoms with van der Waals surface area (Å²) in [6.45, 7) is 3.41. The molecule has 5 nitrogen and oxygen atoms in total. The lowest BCUT2D eigenvalue weighted by molar-refractivity contribution is 0.101. The Bertz CT molecular complexity index is 678. The van der Waals surface area contributed by atoms with Crippen LogP contribution in [0.4, 0.5) is 0 Å².